The van der Waals surface area contributed by atoms with Gasteiger partial charge >= 0.3 is 0 Å². The molecule has 3 heterocycles. The van der Waals surface area contributed by atoms with Gasteiger partial charge in [-0.15, -0.1) is 0 Å². The van der Waals surface area contributed by atoms with E-state index in [2.05, 4.69) is 20.6 Å². The van der Waals surface area contributed by atoms with Crippen LogP contribution < -0.4 is 21.3 Å². The number of carbonyl (C=O) groups excluding carboxylic acids is 2. The van der Waals surface area contributed by atoms with Crippen molar-refractivity contribution in [1.82, 2.24) is 9.97 Å². The fraction of sp³-hybridized carbons (Fsp3) is 0.368. The number of anilines is 4. The second kappa shape index (κ2) is 7.93. The Morgan fingerprint density at radius 3 is 2.70 bits per heavy atom. The van der Waals surface area contributed by atoms with Crippen LogP contribution in [-0.2, 0) is 9.59 Å². The molecular formula is C19H21N7O4. The summed E-state index contributed by atoms with van der Waals surface area (Å²) in [6.45, 7) is 1.60. The van der Waals surface area contributed by atoms with E-state index in [0.29, 0.717) is 11.5 Å². The fourth-order valence-corrected chi connectivity index (χ4v) is 3.80. The topological polar surface area (TPSA) is 156 Å². The van der Waals surface area contributed by atoms with Gasteiger partial charge in [-0.2, -0.15) is 9.97 Å². The number of amides is 2. The predicted octanol–water partition coefficient (Wildman–Crippen LogP) is 2.02. The van der Waals surface area contributed by atoms with Crippen LogP contribution in [0.4, 0.5) is 29.0 Å². The highest BCUT2D eigenvalue weighted by atomic mass is 16.6. The smallest absolute Gasteiger partial charge is 0.292 e. The maximum Gasteiger partial charge on any atom is 0.292 e. The molecule has 0 unspecified atom stereocenters. The van der Waals surface area contributed by atoms with Gasteiger partial charge in [0.2, 0.25) is 17.8 Å². The number of piperidine rings is 1. The lowest BCUT2D eigenvalue weighted by Gasteiger charge is -2.30. The Hall–Kier alpha value is -3.76. The lowest BCUT2D eigenvalue weighted by atomic mass is 9.91. The molecule has 1 atom stereocenters. The second-order valence-electron chi connectivity index (χ2n) is 7.29. The van der Waals surface area contributed by atoms with Crippen molar-refractivity contribution in [2.24, 2.45) is 0 Å². The molecule has 0 bridgehead atoms. The average Bonchev–Trinajstić information content (AvgIpc) is 2.73. The zero-order valence-corrected chi connectivity index (χ0v) is 16.1. The molecule has 11 heteroatoms. The summed E-state index contributed by atoms with van der Waals surface area (Å²) in [5.74, 6) is -1.17. The van der Waals surface area contributed by atoms with Crippen LogP contribution in [0.2, 0.25) is 0 Å². The van der Waals surface area contributed by atoms with Crippen LogP contribution in [-0.4, -0.2) is 39.8 Å². The van der Waals surface area contributed by atoms with Gasteiger partial charge in [0, 0.05) is 25.6 Å². The van der Waals surface area contributed by atoms with Crippen molar-refractivity contribution in [3.63, 3.8) is 0 Å². The molecule has 0 saturated carbocycles. The molecule has 2 aliphatic rings. The number of nitrogens with zero attached hydrogens (tertiary/aromatic N) is 4. The van der Waals surface area contributed by atoms with Crippen molar-refractivity contribution in [3.8, 4) is 0 Å². The van der Waals surface area contributed by atoms with Crippen LogP contribution in [0.25, 0.3) is 0 Å². The molecule has 1 aromatic carbocycles. The van der Waals surface area contributed by atoms with Gasteiger partial charge in [-0.3, -0.25) is 19.7 Å². The monoisotopic (exact) mass is 411 g/mol. The van der Waals surface area contributed by atoms with Crippen molar-refractivity contribution in [2.75, 3.05) is 34.4 Å². The number of aromatic nitrogens is 2. The lowest BCUT2D eigenvalue weighted by molar-refractivity contribution is -0.383. The van der Waals surface area contributed by atoms with E-state index in [1.807, 2.05) is 4.90 Å². The minimum absolute atomic E-state index is 0.0458. The fourth-order valence-electron chi connectivity index (χ4n) is 3.80. The van der Waals surface area contributed by atoms with E-state index < -0.39 is 16.7 Å². The van der Waals surface area contributed by atoms with Gasteiger partial charge in [-0.25, -0.2) is 0 Å². The van der Waals surface area contributed by atoms with Crippen molar-refractivity contribution in [3.05, 3.63) is 39.9 Å². The number of nitrogens with one attached hydrogen (secondary N) is 2. The third-order valence-electron chi connectivity index (χ3n) is 5.27. The summed E-state index contributed by atoms with van der Waals surface area (Å²) in [5, 5.41) is 16.4. The number of hydrogen-bond acceptors (Lipinski definition) is 8. The second-order valence-corrected chi connectivity index (χ2v) is 7.29. The first-order valence-corrected chi connectivity index (χ1v) is 9.70. The molecule has 0 aliphatic carbocycles. The first kappa shape index (κ1) is 19.6. The molecule has 4 N–H and O–H groups in total. The van der Waals surface area contributed by atoms with Gasteiger partial charge in [-0.05, 0) is 25.3 Å². The number of nitro benzene ring substituents is 1. The quantitative estimate of drug-likeness (QED) is 0.509. The third kappa shape index (κ3) is 3.73. The summed E-state index contributed by atoms with van der Waals surface area (Å²) in [5.41, 5.74) is 6.31. The first-order chi connectivity index (χ1) is 14.4. The highest BCUT2D eigenvalue weighted by Gasteiger charge is 2.36. The Morgan fingerprint density at radius 1 is 1.23 bits per heavy atom. The van der Waals surface area contributed by atoms with Gasteiger partial charge < -0.3 is 21.3 Å². The molecule has 156 valence electrons. The molecule has 0 spiro atoms. The van der Waals surface area contributed by atoms with Gasteiger partial charge in [0.25, 0.3) is 5.69 Å². The summed E-state index contributed by atoms with van der Waals surface area (Å²) < 4.78 is 0. The standard InChI is InChI=1S/C19H21N7O4/c20-16-15-11(18(28)21-12-6-2-3-7-13(12)26(29)30)10-14(27)22-17(15)24-19(23-16)25-8-4-1-5-9-25/h2-3,6-7,11H,1,4-5,8-10H2,(H,21,28)(H3,20,22,23,24,27)/t11-/m1/s1. The summed E-state index contributed by atoms with van der Waals surface area (Å²) >= 11 is 0. The molecule has 1 fully saturated rings. The predicted molar refractivity (Wildman–Crippen MR) is 110 cm³/mol. The molecular weight excluding hydrogens is 390 g/mol. The maximum atomic E-state index is 13.0. The van der Waals surface area contributed by atoms with E-state index in [9.17, 15) is 19.7 Å². The van der Waals surface area contributed by atoms with E-state index in [4.69, 9.17) is 5.73 Å². The third-order valence-corrected chi connectivity index (χ3v) is 5.27. The number of nitrogens with two attached hydrogens (primary N) is 1. The van der Waals surface area contributed by atoms with Gasteiger partial charge in [-0.1, -0.05) is 12.1 Å². The van der Waals surface area contributed by atoms with E-state index in [1.165, 1.54) is 18.2 Å². The zero-order valence-electron chi connectivity index (χ0n) is 16.1. The molecule has 2 aromatic rings. The molecule has 30 heavy (non-hydrogen) atoms. The number of carbonyl (C=O) groups is 2. The van der Waals surface area contributed by atoms with E-state index in [0.717, 1.165) is 32.4 Å². The van der Waals surface area contributed by atoms with Crippen molar-refractivity contribution < 1.29 is 14.5 Å². The number of benzene rings is 1. The maximum absolute atomic E-state index is 13.0. The molecule has 2 aliphatic heterocycles. The van der Waals surface area contributed by atoms with E-state index in [1.54, 1.807) is 6.07 Å². The normalized spacial score (nSPS) is 18.3. The molecule has 2 amide bonds. The van der Waals surface area contributed by atoms with Crippen molar-refractivity contribution in [2.45, 2.75) is 31.6 Å². The number of hydrogen-bond donors (Lipinski definition) is 3. The number of nitrogen functional groups attached to an aromatic ring is 1. The average molecular weight is 411 g/mol. The number of nitro groups is 1. The highest BCUT2D eigenvalue weighted by molar-refractivity contribution is 6.06. The SMILES string of the molecule is Nc1nc(N2CCCCC2)nc2c1[C@H](C(=O)Nc1ccccc1[N+](=O)[O-])CC(=O)N2. The van der Waals surface area contributed by atoms with E-state index in [-0.39, 0.29) is 35.3 Å². The Kier molecular flexibility index (Phi) is 5.17. The Balaban J connectivity index is 1.65. The van der Waals surface area contributed by atoms with Gasteiger partial charge in [0.1, 0.15) is 17.3 Å². The highest BCUT2D eigenvalue weighted by Crippen LogP contribution is 2.37. The molecule has 1 aromatic heterocycles. The van der Waals surface area contributed by atoms with Crippen LogP contribution in [0.1, 0.15) is 37.2 Å². The summed E-state index contributed by atoms with van der Waals surface area (Å²) in [6, 6.07) is 5.80. The van der Waals surface area contributed by atoms with Crippen LogP contribution in [0.5, 0.6) is 0 Å². The Morgan fingerprint density at radius 2 is 1.97 bits per heavy atom. The van der Waals surface area contributed by atoms with Crippen LogP contribution in [0.3, 0.4) is 0 Å². The summed E-state index contributed by atoms with van der Waals surface area (Å²) in [6.07, 6.45) is 3.03. The first-order valence-electron chi connectivity index (χ1n) is 9.70. The van der Waals surface area contributed by atoms with Crippen molar-refractivity contribution in [1.29, 1.82) is 0 Å². The lowest BCUT2D eigenvalue weighted by Crippen LogP contribution is -2.35. The van der Waals surface area contributed by atoms with E-state index >= 15 is 0 Å². The number of fused-ring (bicyclic) bond motifs is 1. The molecule has 0 radical (unpaired) electrons. The Labute approximate surface area is 171 Å². The summed E-state index contributed by atoms with van der Waals surface area (Å²) in [4.78, 5) is 46.7. The minimum atomic E-state index is -0.955. The van der Waals surface area contributed by atoms with Crippen LogP contribution >= 0.6 is 0 Å². The molecule has 4 rings (SSSR count). The Bertz CT molecular complexity index is 1020. The van der Waals surface area contributed by atoms with Crippen LogP contribution in [0, 0.1) is 10.1 Å². The number of rotatable bonds is 4. The minimum Gasteiger partial charge on any atom is -0.383 e. The van der Waals surface area contributed by atoms with Crippen molar-refractivity contribution >= 4 is 40.8 Å². The summed E-state index contributed by atoms with van der Waals surface area (Å²) in [7, 11) is 0. The largest absolute Gasteiger partial charge is 0.383 e. The zero-order chi connectivity index (χ0) is 21.3. The van der Waals surface area contributed by atoms with Gasteiger partial charge in [0.15, 0.2) is 0 Å². The van der Waals surface area contributed by atoms with Gasteiger partial charge in [0.05, 0.1) is 16.4 Å². The molecule has 1 saturated heterocycles. The van der Waals surface area contributed by atoms with Crippen LogP contribution in [0.15, 0.2) is 24.3 Å². The molecule has 11 nitrogen and oxygen atoms in total. The number of para-hydroxylation sites is 2.